The van der Waals surface area contributed by atoms with Gasteiger partial charge in [-0.05, 0) is 40.6 Å². The third-order valence-electron chi connectivity index (χ3n) is 2.90. The van der Waals surface area contributed by atoms with E-state index in [9.17, 15) is 5.26 Å². The summed E-state index contributed by atoms with van der Waals surface area (Å²) in [6.45, 7) is 0. The molecule has 23 heavy (non-hydrogen) atoms. The lowest BCUT2D eigenvalue weighted by atomic mass is 10.2. The Kier molecular flexibility index (Phi) is 4.27. The smallest absolute Gasteiger partial charge is 0.232 e. The quantitative estimate of drug-likeness (QED) is 0.715. The highest BCUT2D eigenvalue weighted by Crippen LogP contribution is 2.19. The molecule has 2 aromatic heterocycles. The molecule has 3 N–H and O–H groups in total. The largest absolute Gasteiger partial charge is 0.368 e. The van der Waals surface area contributed by atoms with Crippen LogP contribution in [0, 0.1) is 11.3 Å². The number of hydrogen-bond donors (Lipinski definition) is 2. The van der Waals surface area contributed by atoms with Gasteiger partial charge in [0.05, 0.1) is 5.57 Å². The van der Waals surface area contributed by atoms with Crippen LogP contribution in [-0.2, 0) is 0 Å². The van der Waals surface area contributed by atoms with Gasteiger partial charge in [-0.1, -0.05) is 18.2 Å². The molecule has 2 heterocycles. The van der Waals surface area contributed by atoms with Crippen molar-refractivity contribution in [2.45, 2.75) is 0 Å². The average molecular weight is 320 g/mol. The number of anilines is 3. The minimum absolute atomic E-state index is 0.0555. The number of benzene rings is 1. The van der Waals surface area contributed by atoms with Crippen molar-refractivity contribution in [2.75, 3.05) is 11.1 Å². The number of aromatic nitrogens is 3. The molecule has 0 atom stereocenters. The van der Waals surface area contributed by atoms with Crippen LogP contribution in [0.25, 0.3) is 11.6 Å². The molecule has 0 fully saturated rings. The Hall–Kier alpha value is -3.24. The molecule has 0 aliphatic rings. The monoisotopic (exact) mass is 320 g/mol. The maximum absolute atomic E-state index is 9.37. The molecule has 6 nitrogen and oxygen atoms in total. The van der Waals surface area contributed by atoms with Crippen LogP contribution in [0.2, 0.25) is 0 Å². The van der Waals surface area contributed by atoms with E-state index in [0.717, 1.165) is 11.3 Å². The number of allylic oxidation sites excluding steroid dienone is 1. The van der Waals surface area contributed by atoms with Crippen LogP contribution < -0.4 is 11.1 Å². The summed E-state index contributed by atoms with van der Waals surface area (Å²) in [5, 5.41) is 16.3. The third-order valence-corrected chi connectivity index (χ3v) is 3.60. The molecular weight excluding hydrogens is 308 g/mol. The summed E-state index contributed by atoms with van der Waals surface area (Å²) >= 11 is 1.55. The molecule has 112 valence electrons. The molecule has 0 amide bonds. The number of hydrogen-bond acceptors (Lipinski definition) is 7. The van der Waals surface area contributed by atoms with Crippen LogP contribution >= 0.6 is 11.3 Å². The van der Waals surface area contributed by atoms with E-state index >= 15 is 0 Å². The number of thiophene rings is 1. The summed E-state index contributed by atoms with van der Waals surface area (Å²) in [4.78, 5) is 12.4. The van der Waals surface area contributed by atoms with Gasteiger partial charge < -0.3 is 11.1 Å². The molecule has 0 radical (unpaired) electrons. The average Bonchev–Trinajstić information content (AvgIpc) is 3.06. The highest BCUT2D eigenvalue weighted by Gasteiger charge is 2.10. The number of nitrogens with one attached hydrogen (secondary N) is 1. The second-order valence-electron chi connectivity index (χ2n) is 4.56. The van der Waals surface area contributed by atoms with Gasteiger partial charge in [0.15, 0.2) is 5.82 Å². The molecule has 0 aliphatic heterocycles. The number of nitriles is 1. The molecule has 0 saturated heterocycles. The Bertz CT molecular complexity index is 865. The van der Waals surface area contributed by atoms with E-state index in [-0.39, 0.29) is 11.8 Å². The highest BCUT2D eigenvalue weighted by atomic mass is 32.1. The fraction of sp³-hybridized carbons (Fsp3) is 0. The second kappa shape index (κ2) is 6.68. The maximum Gasteiger partial charge on any atom is 0.232 e. The SMILES string of the molecule is N#CC(=Cc1ccsc1)c1nc(N)nc(Nc2ccccc2)n1. The molecule has 7 heteroatoms. The van der Waals surface area contributed by atoms with E-state index in [0.29, 0.717) is 11.5 Å². The highest BCUT2D eigenvalue weighted by molar-refractivity contribution is 7.08. The Morgan fingerprint density at radius 3 is 2.70 bits per heavy atom. The van der Waals surface area contributed by atoms with Gasteiger partial charge in [0.25, 0.3) is 0 Å². The van der Waals surface area contributed by atoms with Crippen molar-refractivity contribution in [1.29, 1.82) is 5.26 Å². The third kappa shape index (κ3) is 3.70. The van der Waals surface area contributed by atoms with E-state index in [2.05, 4.69) is 26.3 Å². The van der Waals surface area contributed by atoms with Crippen molar-refractivity contribution in [2.24, 2.45) is 0 Å². The van der Waals surface area contributed by atoms with Crippen LogP contribution in [0.3, 0.4) is 0 Å². The number of nitrogen functional groups attached to an aromatic ring is 1. The number of rotatable bonds is 4. The summed E-state index contributed by atoms with van der Waals surface area (Å²) in [5.74, 6) is 0.592. The second-order valence-corrected chi connectivity index (χ2v) is 5.34. The lowest BCUT2D eigenvalue weighted by Crippen LogP contribution is -2.06. The zero-order valence-corrected chi connectivity index (χ0v) is 12.8. The molecule has 0 saturated carbocycles. The van der Waals surface area contributed by atoms with Crippen molar-refractivity contribution < 1.29 is 0 Å². The Morgan fingerprint density at radius 1 is 1.17 bits per heavy atom. The topological polar surface area (TPSA) is 101 Å². The van der Waals surface area contributed by atoms with Gasteiger partial charge in [-0.15, -0.1) is 0 Å². The van der Waals surface area contributed by atoms with Gasteiger partial charge in [0, 0.05) is 5.69 Å². The standard InChI is InChI=1S/C16H12N6S/c17-9-12(8-11-6-7-23-10-11)14-20-15(18)22-16(21-14)19-13-4-2-1-3-5-13/h1-8,10H,(H3,18,19,20,21,22). The predicted molar refractivity (Wildman–Crippen MR) is 91.8 cm³/mol. The molecule has 0 bridgehead atoms. The number of nitrogens with two attached hydrogens (primary N) is 1. The van der Waals surface area contributed by atoms with E-state index in [1.165, 1.54) is 0 Å². The molecule has 3 rings (SSSR count). The number of para-hydroxylation sites is 1. The first-order valence-corrected chi connectivity index (χ1v) is 7.67. The molecular formula is C16H12N6S. The molecule has 0 aliphatic carbocycles. The van der Waals surface area contributed by atoms with Crippen molar-refractivity contribution in [3.63, 3.8) is 0 Å². The van der Waals surface area contributed by atoms with E-state index in [1.54, 1.807) is 17.4 Å². The first-order chi connectivity index (χ1) is 11.2. The Labute approximate surface area is 137 Å². The normalized spacial score (nSPS) is 11.0. The Balaban J connectivity index is 1.95. The molecule has 0 unspecified atom stereocenters. The Morgan fingerprint density at radius 2 is 2.00 bits per heavy atom. The van der Waals surface area contributed by atoms with Crippen molar-refractivity contribution in [3.05, 3.63) is 58.5 Å². The van der Waals surface area contributed by atoms with Crippen LogP contribution in [0.1, 0.15) is 11.4 Å². The zero-order valence-electron chi connectivity index (χ0n) is 12.0. The molecule has 0 spiro atoms. The number of nitrogens with zero attached hydrogens (tertiary/aromatic N) is 4. The van der Waals surface area contributed by atoms with Gasteiger partial charge in [-0.25, -0.2) is 0 Å². The maximum atomic E-state index is 9.37. The predicted octanol–water partition coefficient (Wildman–Crippen LogP) is 3.32. The van der Waals surface area contributed by atoms with Crippen LogP contribution in [-0.4, -0.2) is 15.0 Å². The minimum Gasteiger partial charge on any atom is -0.368 e. The zero-order chi connectivity index (χ0) is 16.1. The van der Waals surface area contributed by atoms with Crippen molar-refractivity contribution in [1.82, 2.24) is 15.0 Å². The van der Waals surface area contributed by atoms with E-state index in [1.807, 2.05) is 47.2 Å². The fourth-order valence-electron chi connectivity index (χ4n) is 1.89. The summed E-state index contributed by atoms with van der Waals surface area (Å²) in [5.41, 5.74) is 7.81. The lowest BCUT2D eigenvalue weighted by Gasteiger charge is -2.06. The van der Waals surface area contributed by atoms with Crippen molar-refractivity contribution in [3.8, 4) is 6.07 Å². The first-order valence-electron chi connectivity index (χ1n) is 6.72. The van der Waals surface area contributed by atoms with E-state index in [4.69, 9.17) is 5.73 Å². The van der Waals surface area contributed by atoms with E-state index < -0.39 is 0 Å². The minimum atomic E-state index is 0.0555. The lowest BCUT2D eigenvalue weighted by molar-refractivity contribution is 1.04. The summed E-state index contributed by atoms with van der Waals surface area (Å²) < 4.78 is 0. The summed E-state index contributed by atoms with van der Waals surface area (Å²) in [7, 11) is 0. The first kappa shape index (κ1) is 14.7. The van der Waals surface area contributed by atoms with Crippen molar-refractivity contribution >= 4 is 40.6 Å². The van der Waals surface area contributed by atoms with Gasteiger partial charge >= 0.3 is 0 Å². The van der Waals surface area contributed by atoms with Gasteiger partial charge in [-0.3, -0.25) is 0 Å². The summed E-state index contributed by atoms with van der Waals surface area (Å²) in [6, 6.07) is 13.5. The van der Waals surface area contributed by atoms with Crippen LogP contribution in [0.4, 0.5) is 17.6 Å². The van der Waals surface area contributed by atoms with Gasteiger partial charge in [-0.2, -0.15) is 31.6 Å². The summed E-state index contributed by atoms with van der Waals surface area (Å²) in [6.07, 6.45) is 1.72. The molecule has 3 aromatic rings. The van der Waals surface area contributed by atoms with Crippen LogP contribution in [0.5, 0.6) is 0 Å². The van der Waals surface area contributed by atoms with Gasteiger partial charge in [0.2, 0.25) is 11.9 Å². The fourth-order valence-corrected chi connectivity index (χ4v) is 2.51. The molecule has 1 aromatic carbocycles. The van der Waals surface area contributed by atoms with Gasteiger partial charge in [0.1, 0.15) is 6.07 Å². The van der Waals surface area contributed by atoms with Crippen LogP contribution in [0.15, 0.2) is 47.2 Å².